The van der Waals surface area contributed by atoms with Crippen molar-refractivity contribution < 1.29 is 23.4 Å². The van der Waals surface area contributed by atoms with Crippen molar-refractivity contribution in [3.8, 4) is 24.0 Å². The van der Waals surface area contributed by atoms with Crippen molar-refractivity contribution in [2.75, 3.05) is 13.1 Å². The normalized spacial score (nSPS) is 16.8. The van der Waals surface area contributed by atoms with Gasteiger partial charge in [0.15, 0.2) is 0 Å². The van der Waals surface area contributed by atoms with Gasteiger partial charge in [-0.05, 0) is 52.0 Å². The maximum absolute atomic E-state index is 13.7. The lowest BCUT2D eigenvalue weighted by molar-refractivity contribution is 0.0275. The number of nitrogens with zero attached hydrogens (tertiary/aromatic N) is 3. The van der Waals surface area contributed by atoms with E-state index in [2.05, 4.69) is 15.9 Å². The minimum atomic E-state index is -0.569. The van der Waals surface area contributed by atoms with Crippen LogP contribution in [0.1, 0.15) is 51.5 Å². The molecule has 1 aliphatic rings. The maximum Gasteiger partial charge on any atom is 0.410 e. The molecule has 0 spiro atoms. The third-order valence-electron chi connectivity index (χ3n) is 4.97. The van der Waals surface area contributed by atoms with Crippen LogP contribution in [-0.2, 0) is 4.74 Å². The van der Waals surface area contributed by atoms with Gasteiger partial charge in [0, 0.05) is 19.0 Å². The number of nitrogens with two attached hydrogens (primary N) is 1. The standard InChI is InChI=1S/C25H29FN4O4/c1-6-17-13-18(7-8-20(17)26)32-16(2)23-21(28-15-27)9-10-22(29-23)33-19-11-12-30(14-19)24(31)34-25(3,4)5/h1,7-10,13,15-16,19H,11-12,14H2,2-5H3,(H2,27,28). The first-order valence-corrected chi connectivity index (χ1v) is 10.9. The number of hydrogen-bond acceptors (Lipinski definition) is 6. The number of benzene rings is 1. The van der Waals surface area contributed by atoms with Gasteiger partial charge in [0.2, 0.25) is 5.88 Å². The molecule has 1 saturated heterocycles. The van der Waals surface area contributed by atoms with Gasteiger partial charge < -0.3 is 24.8 Å². The summed E-state index contributed by atoms with van der Waals surface area (Å²) in [5, 5.41) is 0. The quantitative estimate of drug-likeness (QED) is 0.384. The van der Waals surface area contributed by atoms with E-state index in [0.717, 1.165) is 6.34 Å². The van der Waals surface area contributed by atoms with Crippen LogP contribution in [0.25, 0.3) is 0 Å². The molecule has 2 N–H and O–H groups in total. The smallest absolute Gasteiger partial charge is 0.410 e. The Morgan fingerprint density at radius 1 is 1.38 bits per heavy atom. The van der Waals surface area contributed by atoms with E-state index in [1.807, 2.05) is 20.8 Å². The van der Waals surface area contributed by atoms with Crippen LogP contribution in [0.3, 0.4) is 0 Å². The Kier molecular flexibility index (Phi) is 7.61. The van der Waals surface area contributed by atoms with E-state index in [-0.39, 0.29) is 17.8 Å². The zero-order valence-corrected chi connectivity index (χ0v) is 19.7. The Morgan fingerprint density at radius 2 is 2.15 bits per heavy atom. The highest BCUT2D eigenvalue weighted by molar-refractivity contribution is 5.68. The first kappa shape index (κ1) is 24.8. The molecular formula is C25H29FN4O4. The number of amides is 1. The Hall–Kier alpha value is -3.80. The molecule has 1 amide bonds. The van der Waals surface area contributed by atoms with Gasteiger partial charge in [-0.1, -0.05) is 5.92 Å². The molecule has 8 nitrogen and oxygen atoms in total. The molecule has 0 radical (unpaired) electrons. The number of aliphatic imine (C=N–C) groups is 1. The van der Waals surface area contributed by atoms with Gasteiger partial charge in [-0.25, -0.2) is 19.2 Å². The number of pyridine rings is 1. The first-order valence-electron chi connectivity index (χ1n) is 10.9. The van der Waals surface area contributed by atoms with Gasteiger partial charge in [-0.3, -0.25) is 0 Å². The molecule has 9 heteroatoms. The lowest BCUT2D eigenvalue weighted by Gasteiger charge is -2.24. The molecule has 1 aliphatic heterocycles. The number of ether oxygens (including phenoxy) is 3. The second-order valence-corrected chi connectivity index (χ2v) is 8.83. The molecule has 180 valence electrons. The van der Waals surface area contributed by atoms with E-state index in [9.17, 15) is 9.18 Å². The summed E-state index contributed by atoms with van der Waals surface area (Å²) in [5.41, 5.74) is 6.01. The first-order chi connectivity index (χ1) is 16.1. The lowest BCUT2D eigenvalue weighted by atomic mass is 10.2. The molecule has 2 aromatic rings. The summed E-state index contributed by atoms with van der Waals surface area (Å²) >= 11 is 0. The monoisotopic (exact) mass is 468 g/mol. The zero-order chi connectivity index (χ0) is 24.9. The topological polar surface area (TPSA) is 99.3 Å². The van der Waals surface area contributed by atoms with Crippen LogP contribution in [0.5, 0.6) is 11.6 Å². The Morgan fingerprint density at radius 3 is 2.82 bits per heavy atom. The number of carbonyl (C=O) groups is 1. The number of halogens is 1. The minimum Gasteiger partial charge on any atom is -0.484 e. The number of hydrogen-bond donors (Lipinski definition) is 1. The predicted molar refractivity (Wildman–Crippen MR) is 127 cm³/mol. The molecule has 2 atom stereocenters. The fourth-order valence-corrected chi connectivity index (χ4v) is 3.44. The van der Waals surface area contributed by atoms with Gasteiger partial charge in [0.25, 0.3) is 0 Å². The summed E-state index contributed by atoms with van der Waals surface area (Å²) in [6, 6.07) is 7.59. The summed E-state index contributed by atoms with van der Waals surface area (Å²) in [6.45, 7) is 8.19. The van der Waals surface area contributed by atoms with Crippen LogP contribution in [0, 0.1) is 18.2 Å². The minimum absolute atomic E-state index is 0.103. The van der Waals surface area contributed by atoms with Crippen molar-refractivity contribution in [3.63, 3.8) is 0 Å². The highest BCUT2D eigenvalue weighted by Crippen LogP contribution is 2.31. The van der Waals surface area contributed by atoms with Crippen molar-refractivity contribution in [1.29, 1.82) is 0 Å². The average Bonchev–Trinajstić information content (AvgIpc) is 3.24. The van der Waals surface area contributed by atoms with Gasteiger partial charge in [-0.2, -0.15) is 0 Å². The molecule has 0 saturated carbocycles. The van der Waals surface area contributed by atoms with Crippen LogP contribution < -0.4 is 15.2 Å². The largest absolute Gasteiger partial charge is 0.484 e. The van der Waals surface area contributed by atoms with Crippen LogP contribution in [-0.4, -0.2) is 47.1 Å². The van der Waals surface area contributed by atoms with Gasteiger partial charge in [0.05, 0.1) is 24.1 Å². The highest BCUT2D eigenvalue weighted by Gasteiger charge is 2.31. The molecule has 0 bridgehead atoms. The maximum atomic E-state index is 13.7. The van der Waals surface area contributed by atoms with Crippen LogP contribution in [0.2, 0.25) is 0 Å². The second kappa shape index (κ2) is 10.4. The van der Waals surface area contributed by atoms with E-state index < -0.39 is 17.5 Å². The average molecular weight is 469 g/mol. The number of likely N-dealkylation sites (tertiary alicyclic amines) is 1. The summed E-state index contributed by atoms with van der Waals surface area (Å²) in [7, 11) is 0. The van der Waals surface area contributed by atoms with Crippen molar-refractivity contribution in [2.45, 2.75) is 51.9 Å². The second-order valence-electron chi connectivity index (χ2n) is 8.83. The Labute approximate surface area is 198 Å². The Balaban J connectivity index is 1.74. The number of carbonyl (C=O) groups excluding carboxylic acids is 1. The molecular weight excluding hydrogens is 439 g/mol. The highest BCUT2D eigenvalue weighted by atomic mass is 19.1. The molecule has 1 aromatic carbocycles. The molecule has 2 unspecified atom stereocenters. The van der Waals surface area contributed by atoms with E-state index in [1.54, 1.807) is 24.0 Å². The van der Waals surface area contributed by atoms with Crippen LogP contribution >= 0.6 is 0 Å². The fraction of sp³-hybridized carbons (Fsp3) is 0.400. The third kappa shape index (κ3) is 6.38. The zero-order valence-electron chi connectivity index (χ0n) is 19.7. The molecule has 2 heterocycles. The predicted octanol–water partition coefficient (Wildman–Crippen LogP) is 4.35. The fourth-order valence-electron chi connectivity index (χ4n) is 3.44. The van der Waals surface area contributed by atoms with Crippen molar-refractivity contribution in [2.24, 2.45) is 10.7 Å². The van der Waals surface area contributed by atoms with Crippen LogP contribution in [0.15, 0.2) is 35.3 Å². The molecule has 1 fully saturated rings. The SMILES string of the molecule is C#Cc1cc(OC(C)c2nc(OC3CCN(C(=O)OC(C)(C)C)C3)ccc2N=CN)ccc1F. The van der Waals surface area contributed by atoms with Gasteiger partial charge >= 0.3 is 6.09 Å². The van der Waals surface area contributed by atoms with E-state index in [4.69, 9.17) is 26.4 Å². The summed E-state index contributed by atoms with van der Waals surface area (Å²) in [6.07, 6.45) is 5.98. The molecule has 1 aromatic heterocycles. The van der Waals surface area contributed by atoms with E-state index >= 15 is 0 Å². The van der Waals surface area contributed by atoms with E-state index in [0.29, 0.717) is 42.5 Å². The van der Waals surface area contributed by atoms with Crippen molar-refractivity contribution >= 4 is 18.1 Å². The molecule has 34 heavy (non-hydrogen) atoms. The summed E-state index contributed by atoms with van der Waals surface area (Å²) < 4.78 is 31.1. The van der Waals surface area contributed by atoms with Crippen LogP contribution in [0.4, 0.5) is 14.9 Å². The lowest BCUT2D eigenvalue weighted by Crippen LogP contribution is -2.36. The van der Waals surface area contributed by atoms with Gasteiger partial charge in [-0.15, -0.1) is 6.42 Å². The number of rotatable bonds is 6. The molecule has 0 aliphatic carbocycles. The summed E-state index contributed by atoms with van der Waals surface area (Å²) in [5.74, 6) is 2.54. The van der Waals surface area contributed by atoms with E-state index in [1.165, 1.54) is 18.2 Å². The number of terminal acetylenes is 1. The van der Waals surface area contributed by atoms with Gasteiger partial charge in [0.1, 0.15) is 35.1 Å². The summed E-state index contributed by atoms with van der Waals surface area (Å²) in [4.78, 5) is 22.7. The van der Waals surface area contributed by atoms with Crippen molar-refractivity contribution in [3.05, 3.63) is 47.4 Å². The number of aromatic nitrogens is 1. The third-order valence-corrected chi connectivity index (χ3v) is 4.97. The molecule has 3 rings (SSSR count). The Bertz CT molecular complexity index is 1110. The van der Waals surface area contributed by atoms with Crippen molar-refractivity contribution in [1.82, 2.24) is 9.88 Å².